The van der Waals surface area contributed by atoms with Gasteiger partial charge in [0.1, 0.15) is 6.10 Å². The molecule has 30 heavy (non-hydrogen) atoms. The molecule has 0 fully saturated rings. The lowest BCUT2D eigenvalue weighted by Crippen LogP contribution is -2.32. The summed E-state index contributed by atoms with van der Waals surface area (Å²) in [5.74, 6) is 0. The third-order valence-corrected chi connectivity index (χ3v) is 5.21. The molecule has 0 amide bonds. The predicted octanol–water partition coefficient (Wildman–Crippen LogP) is 5.49. The zero-order valence-corrected chi connectivity index (χ0v) is 18.5. The Morgan fingerprint density at radius 1 is 0.800 bits per heavy atom. The van der Waals surface area contributed by atoms with Crippen molar-refractivity contribution >= 4 is 12.4 Å². The van der Waals surface area contributed by atoms with Crippen molar-refractivity contribution in [3.05, 3.63) is 107 Å². The minimum absolute atomic E-state index is 0. The molecule has 2 N–H and O–H groups in total. The number of hydrogen-bond donors (Lipinski definition) is 2. The zero-order chi connectivity index (χ0) is 20.5. The van der Waals surface area contributed by atoms with Crippen LogP contribution in [-0.2, 0) is 11.2 Å². The second-order valence-corrected chi connectivity index (χ2v) is 7.41. The van der Waals surface area contributed by atoms with Gasteiger partial charge in [-0.3, -0.25) is 0 Å². The number of aryl methyl sites for hydroxylation is 1. The molecule has 0 saturated heterocycles. The third-order valence-electron chi connectivity index (χ3n) is 5.21. The Labute approximate surface area is 186 Å². The highest BCUT2D eigenvalue weighted by Gasteiger charge is 2.17. The summed E-state index contributed by atoms with van der Waals surface area (Å²) in [6.07, 6.45) is 0.274. The summed E-state index contributed by atoms with van der Waals surface area (Å²) in [5, 5.41) is 13.9. The molecule has 0 aliphatic heterocycles. The van der Waals surface area contributed by atoms with E-state index < -0.39 is 6.10 Å². The van der Waals surface area contributed by atoms with Crippen molar-refractivity contribution in [1.82, 2.24) is 5.32 Å². The van der Waals surface area contributed by atoms with Crippen LogP contribution in [0.4, 0.5) is 0 Å². The summed E-state index contributed by atoms with van der Waals surface area (Å²) < 4.78 is 6.15. The fourth-order valence-corrected chi connectivity index (χ4v) is 3.38. The van der Waals surface area contributed by atoms with Gasteiger partial charge in [0.15, 0.2) is 0 Å². The summed E-state index contributed by atoms with van der Waals surface area (Å²) in [5.41, 5.74) is 4.73. The van der Waals surface area contributed by atoms with E-state index in [4.69, 9.17) is 4.74 Å². The number of rotatable bonds is 10. The lowest BCUT2D eigenvalue weighted by Gasteiger charge is -2.22. The van der Waals surface area contributed by atoms with Gasteiger partial charge in [0, 0.05) is 12.6 Å². The van der Waals surface area contributed by atoms with Gasteiger partial charge >= 0.3 is 0 Å². The van der Waals surface area contributed by atoms with Crippen molar-refractivity contribution in [1.29, 1.82) is 0 Å². The molecule has 0 spiro atoms. The zero-order valence-electron chi connectivity index (χ0n) is 17.7. The quantitative estimate of drug-likeness (QED) is 0.451. The number of halogens is 1. The van der Waals surface area contributed by atoms with Gasteiger partial charge in [-0.25, -0.2) is 0 Å². The predicted molar refractivity (Wildman–Crippen MR) is 126 cm³/mol. The van der Waals surface area contributed by atoms with Crippen LogP contribution in [0.25, 0.3) is 0 Å². The number of benzene rings is 3. The fourth-order valence-electron chi connectivity index (χ4n) is 3.38. The number of aliphatic hydroxyl groups is 1. The monoisotopic (exact) mass is 425 g/mol. The minimum atomic E-state index is -0.581. The van der Waals surface area contributed by atoms with E-state index >= 15 is 0 Å². The first-order chi connectivity index (χ1) is 14.2. The Balaban J connectivity index is 0.00000320. The molecule has 4 heteroatoms. The molecule has 0 aromatic heterocycles. The van der Waals surface area contributed by atoms with Crippen LogP contribution in [0.1, 0.15) is 48.2 Å². The van der Waals surface area contributed by atoms with Crippen LogP contribution in [0.2, 0.25) is 0 Å². The van der Waals surface area contributed by atoms with Gasteiger partial charge in [-0.2, -0.15) is 0 Å². The number of hydrogen-bond acceptors (Lipinski definition) is 3. The first-order valence-electron chi connectivity index (χ1n) is 10.4. The molecule has 0 saturated carbocycles. The van der Waals surface area contributed by atoms with Crippen LogP contribution in [0.3, 0.4) is 0 Å². The Kier molecular flexibility index (Phi) is 10.0. The Morgan fingerprint density at radius 3 is 1.83 bits per heavy atom. The summed E-state index contributed by atoms with van der Waals surface area (Å²) in [6.45, 7) is 5.02. The Hall–Kier alpha value is -2.17. The first kappa shape index (κ1) is 24.1. The van der Waals surface area contributed by atoms with Gasteiger partial charge < -0.3 is 15.2 Å². The third kappa shape index (κ3) is 6.96. The van der Waals surface area contributed by atoms with E-state index in [2.05, 4.69) is 67.7 Å². The maximum atomic E-state index is 10.5. The van der Waals surface area contributed by atoms with Crippen LogP contribution < -0.4 is 5.32 Å². The SMILES string of the molecule is CCc1ccc(C(C)NCC(O)COC(c2ccccc2)c2ccccc2)cc1.Cl. The molecule has 160 valence electrons. The lowest BCUT2D eigenvalue weighted by molar-refractivity contribution is 0.00578. The normalized spacial score (nSPS) is 12.9. The summed E-state index contributed by atoms with van der Waals surface area (Å²) in [6, 6.07) is 29.1. The fraction of sp³-hybridized carbons (Fsp3) is 0.308. The van der Waals surface area contributed by atoms with E-state index in [1.165, 1.54) is 11.1 Å². The van der Waals surface area contributed by atoms with Crippen LogP contribution in [-0.4, -0.2) is 24.4 Å². The molecule has 0 bridgehead atoms. The van der Waals surface area contributed by atoms with Crippen LogP contribution >= 0.6 is 12.4 Å². The molecule has 3 aromatic carbocycles. The second-order valence-electron chi connectivity index (χ2n) is 7.41. The average molecular weight is 426 g/mol. The maximum absolute atomic E-state index is 10.5. The summed E-state index contributed by atoms with van der Waals surface area (Å²) in [7, 11) is 0. The van der Waals surface area contributed by atoms with E-state index in [-0.39, 0.29) is 31.2 Å². The summed E-state index contributed by atoms with van der Waals surface area (Å²) >= 11 is 0. The summed E-state index contributed by atoms with van der Waals surface area (Å²) in [4.78, 5) is 0. The van der Waals surface area contributed by atoms with E-state index in [1.807, 2.05) is 36.4 Å². The lowest BCUT2D eigenvalue weighted by atomic mass is 10.0. The molecule has 3 nitrogen and oxygen atoms in total. The Morgan fingerprint density at radius 2 is 1.33 bits per heavy atom. The first-order valence-corrected chi connectivity index (χ1v) is 10.4. The standard InChI is InChI=1S/C26H31NO2.ClH/c1-3-21-14-16-22(17-15-21)20(2)27-18-25(28)19-29-26(23-10-6-4-7-11-23)24-12-8-5-9-13-24;/h4-17,20,25-28H,3,18-19H2,1-2H3;1H. The average Bonchev–Trinajstić information content (AvgIpc) is 2.79. The van der Waals surface area contributed by atoms with Gasteiger partial charge in [0.05, 0.1) is 12.7 Å². The van der Waals surface area contributed by atoms with E-state index in [9.17, 15) is 5.11 Å². The van der Waals surface area contributed by atoms with Gasteiger partial charge in [-0.05, 0) is 35.6 Å². The van der Waals surface area contributed by atoms with E-state index in [0.717, 1.165) is 17.5 Å². The maximum Gasteiger partial charge on any atom is 0.108 e. The second kappa shape index (κ2) is 12.5. The van der Waals surface area contributed by atoms with Gasteiger partial charge in [-0.1, -0.05) is 91.9 Å². The van der Waals surface area contributed by atoms with E-state index in [0.29, 0.717) is 6.54 Å². The molecular weight excluding hydrogens is 394 g/mol. The smallest absolute Gasteiger partial charge is 0.108 e. The van der Waals surface area contributed by atoms with Crippen molar-refractivity contribution in [2.75, 3.05) is 13.2 Å². The van der Waals surface area contributed by atoms with Crippen molar-refractivity contribution in [3.63, 3.8) is 0 Å². The van der Waals surface area contributed by atoms with Crippen LogP contribution in [0, 0.1) is 0 Å². The molecule has 0 aliphatic rings. The van der Waals surface area contributed by atoms with E-state index in [1.54, 1.807) is 0 Å². The van der Waals surface area contributed by atoms with Crippen molar-refractivity contribution < 1.29 is 9.84 Å². The van der Waals surface area contributed by atoms with Gasteiger partial charge in [0.25, 0.3) is 0 Å². The molecular formula is C26H32ClNO2. The number of nitrogens with one attached hydrogen (secondary N) is 1. The molecule has 2 atom stereocenters. The molecule has 0 radical (unpaired) electrons. The molecule has 3 rings (SSSR count). The van der Waals surface area contributed by atoms with Crippen molar-refractivity contribution in [3.8, 4) is 0 Å². The largest absolute Gasteiger partial charge is 0.389 e. The number of ether oxygens (including phenoxy) is 1. The highest BCUT2D eigenvalue weighted by Crippen LogP contribution is 2.26. The highest BCUT2D eigenvalue weighted by atomic mass is 35.5. The van der Waals surface area contributed by atoms with Crippen molar-refractivity contribution in [2.45, 2.75) is 38.5 Å². The highest BCUT2D eigenvalue weighted by molar-refractivity contribution is 5.85. The molecule has 0 heterocycles. The number of aliphatic hydroxyl groups excluding tert-OH is 1. The van der Waals surface area contributed by atoms with Crippen molar-refractivity contribution in [2.24, 2.45) is 0 Å². The van der Waals surface area contributed by atoms with Crippen LogP contribution in [0.15, 0.2) is 84.9 Å². The Bertz CT molecular complexity index is 800. The van der Waals surface area contributed by atoms with Gasteiger partial charge in [0.2, 0.25) is 0 Å². The minimum Gasteiger partial charge on any atom is -0.389 e. The molecule has 3 aromatic rings. The van der Waals surface area contributed by atoms with Crippen LogP contribution in [0.5, 0.6) is 0 Å². The topological polar surface area (TPSA) is 41.5 Å². The molecule has 2 unspecified atom stereocenters. The molecule has 0 aliphatic carbocycles. The van der Waals surface area contributed by atoms with Gasteiger partial charge in [-0.15, -0.1) is 12.4 Å².